The Bertz CT molecular complexity index is 1060. The van der Waals surface area contributed by atoms with Crippen molar-refractivity contribution >= 4 is 23.1 Å². The Balaban J connectivity index is 2.01. The van der Waals surface area contributed by atoms with E-state index in [4.69, 9.17) is 0 Å². The lowest BCUT2D eigenvalue weighted by atomic mass is 9.96. The number of nitrogens with one attached hydrogen (secondary N) is 1. The number of amides is 1. The highest BCUT2D eigenvalue weighted by Gasteiger charge is 2.16. The minimum Gasteiger partial charge on any atom is -0.321 e. The summed E-state index contributed by atoms with van der Waals surface area (Å²) in [5.74, 6) is -0.506. The minimum absolute atomic E-state index is 0.0873. The summed E-state index contributed by atoms with van der Waals surface area (Å²) in [4.78, 5) is 34.9. The van der Waals surface area contributed by atoms with Gasteiger partial charge in [0.15, 0.2) is 5.78 Å². The molecular weight excluding hydrogens is 356 g/mol. The monoisotopic (exact) mass is 374 g/mol. The van der Waals surface area contributed by atoms with E-state index < -0.39 is 10.8 Å². The Morgan fingerprint density at radius 1 is 0.964 bits per heavy atom. The molecule has 0 saturated carbocycles. The topological polar surface area (TPSA) is 89.3 Å². The van der Waals surface area contributed by atoms with Gasteiger partial charge in [0.05, 0.1) is 4.92 Å². The van der Waals surface area contributed by atoms with E-state index in [1.54, 1.807) is 6.07 Å². The summed E-state index contributed by atoms with van der Waals surface area (Å²) in [6.45, 7) is 3.33. The molecule has 0 heterocycles. The van der Waals surface area contributed by atoms with Crippen molar-refractivity contribution in [3.63, 3.8) is 0 Å². The third-order valence-corrected chi connectivity index (χ3v) is 4.42. The first kappa shape index (κ1) is 19.0. The van der Waals surface area contributed by atoms with E-state index >= 15 is 0 Å². The molecule has 0 bridgehead atoms. The molecule has 0 fully saturated rings. The molecule has 1 N–H and O–H groups in total. The van der Waals surface area contributed by atoms with Gasteiger partial charge in [0.25, 0.3) is 11.6 Å². The molecular formula is C22H18N2O4. The second-order valence-electron chi connectivity index (χ2n) is 6.39. The second kappa shape index (κ2) is 7.84. The van der Waals surface area contributed by atoms with Gasteiger partial charge < -0.3 is 5.32 Å². The number of nitro groups is 1. The van der Waals surface area contributed by atoms with Crippen molar-refractivity contribution in [2.75, 3.05) is 5.32 Å². The van der Waals surface area contributed by atoms with Crippen LogP contribution >= 0.6 is 0 Å². The largest absolute Gasteiger partial charge is 0.321 e. The lowest BCUT2D eigenvalue weighted by Crippen LogP contribution is -2.13. The quantitative estimate of drug-likeness (QED) is 0.385. The van der Waals surface area contributed by atoms with E-state index in [0.29, 0.717) is 11.3 Å². The van der Waals surface area contributed by atoms with Crippen LogP contribution in [0.2, 0.25) is 0 Å². The van der Waals surface area contributed by atoms with Gasteiger partial charge in [0, 0.05) is 34.5 Å². The molecule has 3 aromatic rings. The fraction of sp³-hybridized carbons (Fsp3) is 0.0909. The highest BCUT2D eigenvalue weighted by molar-refractivity contribution is 6.08. The first-order valence-corrected chi connectivity index (χ1v) is 8.63. The number of Topliss-reactive ketones (excluding diaryl/α,β-unsaturated/α-hetero) is 1. The number of aryl methyl sites for hydroxylation is 1. The summed E-state index contributed by atoms with van der Waals surface area (Å²) >= 11 is 0. The van der Waals surface area contributed by atoms with Gasteiger partial charge in [-0.15, -0.1) is 0 Å². The fourth-order valence-corrected chi connectivity index (χ4v) is 2.98. The second-order valence-corrected chi connectivity index (χ2v) is 6.39. The van der Waals surface area contributed by atoms with Crippen LogP contribution in [0, 0.1) is 17.0 Å². The summed E-state index contributed by atoms with van der Waals surface area (Å²) in [6, 6.07) is 18.4. The van der Waals surface area contributed by atoms with Gasteiger partial charge in [0.2, 0.25) is 0 Å². The van der Waals surface area contributed by atoms with Crippen molar-refractivity contribution < 1.29 is 14.5 Å². The number of nitrogens with zero attached hydrogens (tertiary/aromatic N) is 1. The molecule has 28 heavy (non-hydrogen) atoms. The van der Waals surface area contributed by atoms with E-state index in [9.17, 15) is 19.7 Å². The Labute approximate surface area is 162 Å². The van der Waals surface area contributed by atoms with Crippen molar-refractivity contribution in [2.24, 2.45) is 0 Å². The van der Waals surface area contributed by atoms with Crippen LogP contribution in [0.4, 0.5) is 11.4 Å². The van der Waals surface area contributed by atoms with Gasteiger partial charge in [-0.2, -0.15) is 0 Å². The van der Waals surface area contributed by atoms with Crippen molar-refractivity contribution in [1.82, 2.24) is 0 Å². The molecule has 0 aliphatic rings. The van der Waals surface area contributed by atoms with E-state index in [1.165, 1.54) is 31.2 Å². The average molecular weight is 374 g/mol. The zero-order chi connectivity index (χ0) is 20.3. The number of hydrogen-bond donors (Lipinski definition) is 1. The molecule has 0 unspecified atom stereocenters. The maximum Gasteiger partial charge on any atom is 0.269 e. The van der Waals surface area contributed by atoms with Crippen LogP contribution < -0.4 is 5.32 Å². The highest BCUT2D eigenvalue weighted by atomic mass is 16.6. The first-order chi connectivity index (χ1) is 13.4. The average Bonchev–Trinajstić information content (AvgIpc) is 2.69. The van der Waals surface area contributed by atoms with Gasteiger partial charge in [0.1, 0.15) is 0 Å². The number of non-ortho nitro benzene ring substituents is 1. The number of hydrogen-bond acceptors (Lipinski definition) is 4. The summed E-state index contributed by atoms with van der Waals surface area (Å²) in [6.07, 6.45) is 0. The molecule has 0 radical (unpaired) electrons. The maximum atomic E-state index is 12.7. The van der Waals surface area contributed by atoms with Crippen LogP contribution in [-0.4, -0.2) is 16.6 Å². The van der Waals surface area contributed by atoms with E-state index in [1.807, 2.05) is 43.3 Å². The predicted molar refractivity (Wildman–Crippen MR) is 108 cm³/mol. The van der Waals surface area contributed by atoms with Crippen LogP contribution in [0.1, 0.15) is 33.2 Å². The number of carbonyl (C=O) groups is 2. The molecule has 0 spiro atoms. The molecule has 140 valence electrons. The number of nitro benzene ring substituents is 1. The first-order valence-electron chi connectivity index (χ1n) is 8.63. The van der Waals surface area contributed by atoms with Gasteiger partial charge >= 0.3 is 0 Å². The Morgan fingerprint density at radius 2 is 1.61 bits per heavy atom. The molecule has 0 saturated heterocycles. The van der Waals surface area contributed by atoms with Crippen molar-refractivity contribution in [3.8, 4) is 11.1 Å². The number of rotatable bonds is 5. The predicted octanol–water partition coefficient (Wildman–Crippen LogP) is 5.03. The molecule has 0 aromatic heterocycles. The normalized spacial score (nSPS) is 10.4. The summed E-state index contributed by atoms with van der Waals surface area (Å²) in [5.41, 5.74) is 3.74. The number of anilines is 1. The smallest absolute Gasteiger partial charge is 0.269 e. The zero-order valence-electron chi connectivity index (χ0n) is 15.4. The molecule has 0 aliphatic heterocycles. The minimum atomic E-state index is -0.520. The van der Waals surface area contributed by atoms with Gasteiger partial charge in [-0.25, -0.2) is 0 Å². The molecule has 0 atom stereocenters. The van der Waals surface area contributed by atoms with E-state index in [0.717, 1.165) is 16.7 Å². The Kier molecular flexibility index (Phi) is 5.31. The SMILES string of the molecule is CC(=O)c1cc(NC(=O)c2ccc([N+](=O)[O-])cc2)c(-c2ccccc2)cc1C. The Morgan fingerprint density at radius 3 is 2.18 bits per heavy atom. The van der Waals surface area contributed by atoms with Crippen LogP contribution in [-0.2, 0) is 0 Å². The molecule has 6 heteroatoms. The van der Waals surface area contributed by atoms with E-state index in [-0.39, 0.29) is 17.0 Å². The van der Waals surface area contributed by atoms with Crippen LogP contribution in [0.15, 0.2) is 66.7 Å². The van der Waals surface area contributed by atoms with Crippen molar-refractivity contribution in [1.29, 1.82) is 0 Å². The number of benzene rings is 3. The molecule has 3 rings (SSSR count). The summed E-state index contributed by atoms with van der Waals surface area (Å²) < 4.78 is 0. The molecule has 0 aliphatic carbocycles. The fourth-order valence-electron chi connectivity index (χ4n) is 2.98. The molecule has 6 nitrogen and oxygen atoms in total. The van der Waals surface area contributed by atoms with Crippen LogP contribution in [0.5, 0.6) is 0 Å². The molecule has 3 aromatic carbocycles. The van der Waals surface area contributed by atoms with E-state index in [2.05, 4.69) is 5.32 Å². The van der Waals surface area contributed by atoms with Gasteiger partial charge in [-0.05, 0) is 49.2 Å². The summed E-state index contributed by atoms with van der Waals surface area (Å²) in [7, 11) is 0. The highest BCUT2D eigenvalue weighted by Crippen LogP contribution is 2.31. The molecule has 1 amide bonds. The lowest BCUT2D eigenvalue weighted by Gasteiger charge is -2.15. The van der Waals surface area contributed by atoms with Crippen molar-refractivity contribution in [3.05, 3.63) is 93.5 Å². The lowest BCUT2D eigenvalue weighted by molar-refractivity contribution is -0.384. The standard InChI is InChI=1S/C22H18N2O4/c1-14-12-20(16-6-4-3-5-7-16)21(13-19(14)15(2)25)23-22(26)17-8-10-18(11-9-17)24(27)28/h3-13H,1-2H3,(H,23,26). The number of ketones is 1. The van der Waals surface area contributed by atoms with Gasteiger partial charge in [-0.3, -0.25) is 19.7 Å². The van der Waals surface area contributed by atoms with Crippen molar-refractivity contribution in [2.45, 2.75) is 13.8 Å². The van der Waals surface area contributed by atoms with Crippen LogP contribution in [0.3, 0.4) is 0 Å². The third-order valence-electron chi connectivity index (χ3n) is 4.42. The maximum absolute atomic E-state index is 12.7. The number of carbonyl (C=O) groups excluding carboxylic acids is 2. The summed E-state index contributed by atoms with van der Waals surface area (Å²) in [5, 5.41) is 13.6. The Hall–Kier alpha value is -3.80. The third kappa shape index (κ3) is 3.96. The van der Waals surface area contributed by atoms with Crippen LogP contribution in [0.25, 0.3) is 11.1 Å². The zero-order valence-corrected chi connectivity index (χ0v) is 15.4. The van der Waals surface area contributed by atoms with Gasteiger partial charge in [-0.1, -0.05) is 30.3 Å².